The van der Waals surface area contributed by atoms with E-state index in [9.17, 15) is 0 Å². The fourth-order valence-corrected chi connectivity index (χ4v) is 5.67. The van der Waals surface area contributed by atoms with Crippen LogP contribution in [0.15, 0.2) is 0 Å². The van der Waals surface area contributed by atoms with Gasteiger partial charge in [0.15, 0.2) is 0 Å². The zero-order valence-electron chi connectivity index (χ0n) is 20.0. The van der Waals surface area contributed by atoms with Crippen LogP contribution < -0.4 is 0 Å². The van der Waals surface area contributed by atoms with Gasteiger partial charge in [-0.3, -0.25) is 0 Å². The summed E-state index contributed by atoms with van der Waals surface area (Å²) in [4.78, 5) is 0. The van der Waals surface area contributed by atoms with Crippen molar-refractivity contribution >= 4 is 0 Å². The predicted molar refractivity (Wildman–Crippen MR) is 125 cm³/mol. The monoisotopic (exact) mass is 397 g/mol. The van der Waals surface area contributed by atoms with Crippen molar-refractivity contribution in [3.63, 3.8) is 0 Å². The number of unbranched alkanes of at least 4 members (excludes halogenated alkanes) is 11. The third-order valence-electron chi connectivity index (χ3n) is 7.14. The van der Waals surface area contributed by atoms with Crippen LogP contribution in [0.25, 0.3) is 0 Å². The van der Waals surface area contributed by atoms with Crippen LogP contribution in [-0.2, 0) is 0 Å². The Morgan fingerprint density at radius 1 is 0.500 bits per heavy atom. The Morgan fingerprint density at radius 2 is 0.929 bits per heavy atom. The fourth-order valence-electron chi connectivity index (χ4n) is 5.67. The van der Waals surface area contributed by atoms with Gasteiger partial charge in [0.25, 0.3) is 0 Å². The molecule has 0 aromatic heterocycles. The minimum absolute atomic E-state index is 0. The van der Waals surface area contributed by atoms with E-state index in [1.165, 1.54) is 146 Å². The van der Waals surface area contributed by atoms with Crippen molar-refractivity contribution in [1.29, 1.82) is 0 Å². The lowest BCUT2D eigenvalue weighted by Gasteiger charge is -2.47. The van der Waals surface area contributed by atoms with Crippen molar-refractivity contribution in [2.75, 3.05) is 19.6 Å². The molecule has 1 N–H and O–H groups in total. The van der Waals surface area contributed by atoms with Crippen molar-refractivity contribution in [2.45, 2.75) is 149 Å². The van der Waals surface area contributed by atoms with Crippen LogP contribution >= 0.6 is 0 Å². The highest BCUT2D eigenvalue weighted by molar-refractivity contribution is 4.68. The number of nitrogens with zero attached hydrogens (tertiary/aromatic N) is 1. The van der Waals surface area contributed by atoms with Crippen LogP contribution in [-0.4, -0.2) is 35.6 Å². The second kappa shape index (κ2) is 18.9. The van der Waals surface area contributed by atoms with E-state index in [-0.39, 0.29) is 5.48 Å². The Bertz CT molecular complexity index is 306. The molecule has 0 atom stereocenters. The zero-order chi connectivity index (χ0) is 19.6. The summed E-state index contributed by atoms with van der Waals surface area (Å²) in [5, 5.41) is 0. The molecule has 0 aromatic carbocycles. The molecule has 28 heavy (non-hydrogen) atoms. The first-order chi connectivity index (χ1) is 13.3. The van der Waals surface area contributed by atoms with E-state index in [0.717, 1.165) is 6.04 Å². The molecule has 1 aliphatic rings. The summed E-state index contributed by atoms with van der Waals surface area (Å²) in [5.74, 6) is 0. The summed E-state index contributed by atoms with van der Waals surface area (Å²) < 4.78 is 1.48. The Hall–Kier alpha value is -0.0800. The van der Waals surface area contributed by atoms with Gasteiger partial charge in [0.2, 0.25) is 0 Å². The van der Waals surface area contributed by atoms with Crippen molar-refractivity contribution in [3.8, 4) is 0 Å². The molecule has 2 nitrogen and oxygen atoms in total. The van der Waals surface area contributed by atoms with E-state index in [1.54, 1.807) is 0 Å². The molecule has 1 saturated carbocycles. The van der Waals surface area contributed by atoms with Crippen molar-refractivity contribution in [2.24, 2.45) is 0 Å². The minimum atomic E-state index is 0. The predicted octanol–water partition coefficient (Wildman–Crippen LogP) is 8.48. The topological polar surface area (TPSA) is 30.0 Å². The van der Waals surface area contributed by atoms with Gasteiger partial charge in [-0.2, -0.15) is 0 Å². The van der Waals surface area contributed by atoms with Gasteiger partial charge >= 0.3 is 0 Å². The molecular weight excluding hydrogens is 342 g/mol. The molecule has 0 saturated heterocycles. The molecule has 170 valence electrons. The van der Waals surface area contributed by atoms with E-state index < -0.39 is 0 Å². The van der Waals surface area contributed by atoms with Crippen LogP contribution in [0.5, 0.6) is 0 Å². The van der Waals surface area contributed by atoms with E-state index in [2.05, 4.69) is 20.8 Å². The Balaban J connectivity index is 0.00000729. The molecule has 0 aliphatic heterocycles. The molecule has 1 fully saturated rings. The highest BCUT2D eigenvalue weighted by Crippen LogP contribution is 2.30. The first-order valence-corrected chi connectivity index (χ1v) is 13.1. The summed E-state index contributed by atoms with van der Waals surface area (Å²) in [5.41, 5.74) is 0. The molecule has 0 unspecified atom stereocenters. The molecule has 0 radical (unpaired) electrons. The summed E-state index contributed by atoms with van der Waals surface area (Å²) in [7, 11) is 0. The molecule has 1 rings (SSSR count). The Kier molecular flexibility index (Phi) is 18.9. The van der Waals surface area contributed by atoms with Crippen LogP contribution in [0.2, 0.25) is 0 Å². The maximum atomic E-state index is 2.41. The molecule has 0 amide bonds. The lowest BCUT2D eigenvalue weighted by molar-refractivity contribution is -0.952. The van der Waals surface area contributed by atoms with E-state index in [1.807, 2.05) is 0 Å². The van der Waals surface area contributed by atoms with Crippen molar-refractivity contribution in [1.82, 2.24) is 0 Å². The highest BCUT2D eigenvalue weighted by atomic mass is 16.0. The van der Waals surface area contributed by atoms with Gasteiger partial charge in [-0.05, 0) is 51.4 Å². The standard InChI is InChI=1S/C26H54N.H2O/c1-4-7-8-9-10-11-12-13-14-15-16-20-25-27(23-5-2,24-6-3)26-21-18-17-19-22-26;/h26H,4-25H2,1-3H3;1H2/q+1;/p-1. The van der Waals surface area contributed by atoms with Gasteiger partial charge in [-0.25, -0.2) is 0 Å². The van der Waals surface area contributed by atoms with Crippen molar-refractivity contribution < 1.29 is 9.96 Å². The summed E-state index contributed by atoms with van der Waals surface area (Å²) in [6.07, 6.45) is 27.9. The normalized spacial score (nSPS) is 15.5. The molecule has 2 heteroatoms. The van der Waals surface area contributed by atoms with Gasteiger partial charge in [0.1, 0.15) is 0 Å². The van der Waals surface area contributed by atoms with Gasteiger partial charge in [-0.15, -0.1) is 0 Å². The average molecular weight is 398 g/mol. The second-order valence-electron chi connectivity index (χ2n) is 9.57. The lowest BCUT2D eigenvalue weighted by atomic mass is 9.91. The number of hydrogen-bond acceptors (Lipinski definition) is 1. The van der Waals surface area contributed by atoms with Gasteiger partial charge in [-0.1, -0.05) is 91.4 Å². The first kappa shape index (κ1) is 27.9. The minimum Gasteiger partial charge on any atom is -0.870 e. The molecule has 0 bridgehead atoms. The molecule has 0 aromatic rings. The summed E-state index contributed by atoms with van der Waals surface area (Å²) >= 11 is 0. The van der Waals surface area contributed by atoms with Gasteiger partial charge in [0, 0.05) is 0 Å². The fraction of sp³-hybridized carbons (Fsp3) is 1.00. The van der Waals surface area contributed by atoms with Crippen molar-refractivity contribution in [3.05, 3.63) is 0 Å². The van der Waals surface area contributed by atoms with E-state index >= 15 is 0 Å². The largest absolute Gasteiger partial charge is 0.870 e. The molecule has 0 heterocycles. The Morgan fingerprint density at radius 3 is 1.36 bits per heavy atom. The maximum absolute atomic E-state index is 2.41. The number of rotatable bonds is 18. The lowest BCUT2D eigenvalue weighted by Crippen LogP contribution is -2.57. The first-order valence-electron chi connectivity index (χ1n) is 13.1. The van der Waals surface area contributed by atoms with Gasteiger partial charge in [0.05, 0.1) is 25.7 Å². The molecule has 0 spiro atoms. The highest BCUT2D eigenvalue weighted by Gasteiger charge is 2.35. The molecule has 1 aliphatic carbocycles. The van der Waals surface area contributed by atoms with Gasteiger partial charge < -0.3 is 9.96 Å². The maximum Gasteiger partial charge on any atom is 0.0890 e. The SMILES string of the molecule is CCCCCCCCCCCCCC[N+](CCC)(CCC)C1CCCCC1.[OH-]. The smallest absolute Gasteiger partial charge is 0.0890 e. The second-order valence-corrected chi connectivity index (χ2v) is 9.57. The van der Waals surface area contributed by atoms with E-state index in [0.29, 0.717) is 0 Å². The van der Waals surface area contributed by atoms with Crippen LogP contribution in [0, 0.1) is 0 Å². The number of hydrogen-bond donors (Lipinski definition) is 0. The zero-order valence-corrected chi connectivity index (χ0v) is 20.0. The van der Waals surface area contributed by atoms with E-state index in [4.69, 9.17) is 0 Å². The number of quaternary nitrogens is 1. The van der Waals surface area contributed by atoms with Crippen LogP contribution in [0.3, 0.4) is 0 Å². The van der Waals surface area contributed by atoms with Crippen LogP contribution in [0.4, 0.5) is 0 Å². The quantitative estimate of drug-likeness (QED) is 0.168. The molecular formula is C26H55NO. The summed E-state index contributed by atoms with van der Waals surface area (Å²) in [6.45, 7) is 11.5. The Labute approximate surface area is 178 Å². The average Bonchev–Trinajstić information content (AvgIpc) is 2.69. The third kappa shape index (κ3) is 11.8. The van der Waals surface area contributed by atoms with Crippen LogP contribution in [0.1, 0.15) is 143 Å². The summed E-state index contributed by atoms with van der Waals surface area (Å²) in [6, 6.07) is 0.992. The third-order valence-corrected chi connectivity index (χ3v) is 7.14.